The fourth-order valence-corrected chi connectivity index (χ4v) is 10.5. The van der Waals surface area contributed by atoms with Crippen molar-refractivity contribution in [3.8, 4) is 0 Å². The van der Waals surface area contributed by atoms with E-state index in [2.05, 4.69) is 10.3 Å². The number of aliphatic hydroxyl groups is 1. The second-order valence-corrected chi connectivity index (χ2v) is 17.5. The lowest BCUT2D eigenvalue weighted by molar-refractivity contribution is -0.146. The van der Waals surface area contributed by atoms with Crippen molar-refractivity contribution in [3.63, 3.8) is 0 Å². The number of aromatic nitrogens is 3. The summed E-state index contributed by atoms with van der Waals surface area (Å²) in [5.41, 5.74) is 3.37. The van der Waals surface area contributed by atoms with Crippen LogP contribution in [-0.4, -0.2) is 64.3 Å². The third-order valence-corrected chi connectivity index (χ3v) is 12.8. The smallest absolute Gasteiger partial charge is 0.264 e. The van der Waals surface area contributed by atoms with Gasteiger partial charge in [0, 0.05) is 48.4 Å². The second kappa shape index (κ2) is 12.1. The summed E-state index contributed by atoms with van der Waals surface area (Å²) < 4.78 is 8.78. The fourth-order valence-electron chi connectivity index (χ4n) is 7.91. The molecule has 3 aliphatic heterocycles. The van der Waals surface area contributed by atoms with Crippen molar-refractivity contribution in [1.82, 2.24) is 15.0 Å². The molecule has 0 bridgehead atoms. The van der Waals surface area contributed by atoms with Crippen molar-refractivity contribution in [1.29, 1.82) is 0 Å². The molecule has 3 aliphatic rings. The minimum atomic E-state index is -2.87. The van der Waals surface area contributed by atoms with Gasteiger partial charge in [-0.3, -0.25) is 14.3 Å². The number of β-lactam (4-membered cyclic amide) rings is 1. The van der Waals surface area contributed by atoms with Crippen LogP contribution in [0.25, 0.3) is 0 Å². The van der Waals surface area contributed by atoms with E-state index in [-0.39, 0.29) is 35.8 Å². The maximum atomic E-state index is 14.8. The Labute approximate surface area is 275 Å². The molecule has 11 heteroatoms. The summed E-state index contributed by atoms with van der Waals surface area (Å²) in [6.07, 6.45) is 2.45. The third-order valence-electron chi connectivity index (χ3n) is 10.3. The maximum Gasteiger partial charge on any atom is 0.264 e. The molecule has 47 heavy (non-hydrogen) atoms. The van der Waals surface area contributed by atoms with Crippen LogP contribution >= 0.6 is 0 Å². The predicted molar refractivity (Wildman–Crippen MR) is 180 cm³/mol. The first-order chi connectivity index (χ1) is 22.6. The number of anilines is 2. The molecule has 4 heterocycles. The number of nitrogens with zero attached hydrogens (tertiary/aromatic N) is 5. The first kappa shape index (κ1) is 31.4. The lowest BCUT2D eigenvalue weighted by atomic mass is 9.82. The molecule has 5 atom stereocenters. The molecule has 7 rings (SSSR count). The lowest BCUT2D eigenvalue weighted by Gasteiger charge is -2.33. The summed E-state index contributed by atoms with van der Waals surface area (Å²) in [7, 11) is -2.87. The number of carbonyl (C=O) groups excluding carboxylic acids is 2. The first-order valence-electron chi connectivity index (χ1n) is 16.4. The van der Waals surface area contributed by atoms with E-state index in [4.69, 9.17) is 4.74 Å². The number of rotatable bonds is 10. The number of benzene rings is 3. The van der Waals surface area contributed by atoms with Crippen LogP contribution in [0, 0.1) is 5.92 Å². The maximum absolute atomic E-state index is 14.8. The normalized spacial score (nSPS) is 24.6. The standard InChI is InChI=1S/C36H41N5O5Si/c1-24-34(47(2,3)45)32(16-18-39-22-30(37-38-39)28(23-42)26-12-8-5-9-13-26)46-36(24)29-20-27(40-19-17-33(40)43)14-15-31(29)41(35(36)44)21-25-10-6-4-7-11-25/h4-15,20,22,24,28,32,34,42,45H,16-19,21,23H2,1-3H3/t24-,28?,32+,34-,36+/m0/s1. The van der Waals surface area contributed by atoms with Crippen LogP contribution in [0.4, 0.5) is 11.4 Å². The summed E-state index contributed by atoms with van der Waals surface area (Å²) in [6, 6.07) is 25.4. The van der Waals surface area contributed by atoms with Crippen LogP contribution in [-0.2, 0) is 33.0 Å². The summed E-state index contributed by atoms with van der Waals surface area (Å²) in [5.74, 6) is -0.689. The van der Waals surface area contributed by atoms with Crippen molar-refractivity contribution in [2.75, 3.05) is 23.0 Å². The number of aliphatic hydroxyl groups excluding tert-OH is 1. The Kier molecular flexibility index (Phi) is 8.11. The van der Waals surface area contributed by atoms with E-state index >= 15 is 0 Å². The molecule has 1 unspecified atom stereocenters. The van der Waals surface area contributed by atoms with Crippen LogP contribution in [0.1, 0.15) is 48.1 Å². The van der Waals surface area contributed by atoms with Gasteiger partial charge in [-0.2, -0.15) is 0 Å². The third kappa shape index (κ3) is 5.40. The van der Waals surface area contributed by atoms with Crippen LogP contribution in [0.5, 0.6) is 0 Å². The van der Waals surface area contributed by atoms with Gasteiger partial charge in [0.1, 0.15) is 0 Å². The summed E-state index contributed by atoms with van der Waals surface area (Å²) in [4.78, 5) is 42.5. The number of hydrogen-bond donors (Lipinski definition) is 2. The zero-order chi connectivity index (χ0) is 32.9. The Balaban J connectivity index is 1.22. The molecule has 2 amide bonds. The number of aryl methyl sites for hydroxylation is 1. The van der Waals surface area contributed by atoms with Crippen LogP contribution < -0.4 is 9.80 Å². The van der Waals surface area contributed by atoms with Crippen molar-refractivity contribution >= 4 is 31.5 Å². The summed E-state index contributed by atoms with van der Waals surface area (Å²) in [5, 5.41) is 18.9. The molecular weight excluding hydrogens is 611 g/mol. The van der Waals surface area contributed by atoms with Gasteiger partial charge in [0.15, 0.2) is 13.9 Å². The Morgan fingerprint density at radius 1 is 1.04 bits per heavy atom. The Hall–Kier alpha value is -4.16. The highest BCUT2D eigenvalue weighted by Crippen LogP contribution is 2.60. The molecule has 0 saturated carbocycles. The Morgan fingerprint density at radius 3 is 2.40 bits per heavy atom. The van der Waals surface area contributed by atoms with Gasteiger partial charge >= 0.3 is 0 Å². The van der Waals surface area contributed by atoms with Crippen molar-refractivity contribution in [3.05, 3.63) is 107 Å². The highest BCUT2D eigenvalue weighted by atomic mass is 28.4. The molecule has 3 aromatic carbocycles. The summed E-state index contributed by atoms with van der Waals surface area (Å²) >= 11 is 0. The van der Waals surface area contributed by atoms with E-state index in [0.717, 1.165) is 28.1 Å². The predicted octanol–water partition coefficient (Wildman–Crippen LogP) is 4.57. The van der Waals surface area contributed by atoms with Crippen molar-refractivity contribution < 1.29 is 24.2 Å². The molecule has 244 valence electrons. The van der Waals surface area contributed by atoms with Gasteiger partial charge in [0.2, 0.25) is 5.91 Å². The molecule has 10 nitrogen and oxygen atoms in total. The highest BCUT2D eigenvalue weighted by Gasteiger charge is 2.66. The molecule has 0 radical (unpaired) electrons. The number of hydrogen-bond acceptors (Lipinski definition) is 7. The van der Waals surface area contributed by atoms with Crippen LogP contribution in [0.3, 0.4) is 0 Å². The highest BCUT2D eigenvalue weighted by molar-refractivity contribution is 6.71. The number of carbonyl (C=O) groups is 2. The molecule has 2 saturated heterocycles. The number of fused-ring (bicyclic) bond motifs is 2. The molecule has 1 spiro atoms. The first-order valence-corrected chi connectivity index (χ1v) is 19.4. The van der Waals surface area contributed by atoms with Gasteiger partial charge in [-0.05, 0) is 48.8 Å². The minimum Gasteiger partial charge on any atom is -0.432 e. The van der Waals surface area contributed by atoms with Gasteiger partial charge < -0.3 is 24.4 Å². The molecule has 0 aliphatic carbocycles. The van der Waals surface area contributed by atoms with E-state index in [9.17, 15) is 19.5 Å². The average molecular weight is 652 g/mol. The topological polar surface area (TPSA) is 121 Å². The van der Waals surface area contributed by atoms with Gasteiger partial charge in [0.05, 0.1) is 36.6 Å². The quantitative estimate of drug-likeness (QED) is 0.190. The van der Waals surface area contributed by atoms with E-state index in [1.807, 2.05) is 105 Å². The second-order valence-electron chi connectivity index (χ2n) is 13.6. The van der Waals surface area contributed by atoms with Crippen LogP contribution in [0.15, 0.2) is 85.1 Å². The monoisotopic (exact) mass is 651 g/mol. The Bertz CT molecular complexity index is 1780. The lowest BCUT2D eigenvalue weighted by Crippen LogP contribution is -2.46. The number of amides is 2. The van der Waals surface area contributed by atoms with E-state index < -0.39 is 20.0 Å². The van der Waals surface area contributed by atoms with Gasteiger partial charge in [-0.25, -0.2) is 0 Å². The average Bonchev–Trinajstić information content (AvgIpc) is 3.71. The van der Waals surface area contributed by atoms with E-state index in [1.54, 1.807) is 14.5 Å². The van der Waals surface area contributed by atoms with Crippen molar-refractivity contribution in [2.45, 2.75) is 69.1 Å². The summed E-state index contributed by atoms with van der Waals surface area (Å²) in [6.45, 7) is 7.27. The van der Waals surface area contributed by atoms with Crippen molar-refractivity contribution in [2.24, 2.45) is 5.92 Å². The molecule has 2 N–H and O–H groups in total. The fraction of sp³-hybridized carbons (Fsp3) is 0.389. The van der Waals surface area contributed by atoms with Gasteiger partial charge in [-0.1, -0.05) is 72.8 Å². The zero-order valence-electron chi connectivity index (χ0n) is 27.0. The Morgan fingerprint density at radius 2 is 1.77 bits per heavy atom. The minimum absolute atomic E-state index is 0.0624. The molecule has 2 fully saturated rings. The zero-order valence-corrected chi connectivity index (χ0v) is 28.0. The molecule has 1 aromatic heterocycles. The SMILES string of the molecule is C[C@H]1[C@H]([Si](C)(C)O)[C@@H](CCn2cc(C(CO)c3ccccc3)nn2)O[C@]12C(=O)N(Cc1ccccc1)c1ccc(N3CCC3=O)cc12. The van der Waals surface area contributed by atoms with Gasteiger partial charge in [0.25, 0.3) is 5.91 Å². The largest absolute Gasteiger partial charge is 0.432 e. The molecule has 4 aromatic rings. The van der Waals surface area contributed by atoms with Crippen LogP contribution in [0.2, 0.25) is 18.6 Å². The van der Waals surface area contributed by atoms with E-state index in [1.165, 1.54) is 0 Å². The van der Waals surface area contributed by atoms with Gasteiger partial charge in [-0.15, -0.1) is 5.10 Å². The number of ether oxygens (including phenoxy) is 1. The molecular formula is C36H41N5O5Si. The van der Waals surface area contributed by atoms with E-state index in [0.29, 0.717) is 38.2 Å².